The molecule has 2 nitrogen and oxygen atoms in total. The molecule has 0 aliphatic carbocycles. The Balaban J connectivity index is 0.000000640. The highest BCUT2D eigenvalue weighted by atomic mass is 35.5. The lowest BCUT2D eigenvalue weighted by atomic mass is 10.2. The monoisotopic (exact) mass is 151 g/mol. The zero-order valence-electron chi connectivity index (χ0n) is 5.89. The van der Waals surface area contributed by atoms with Gasteiger partial charge >= 0.3 is 0 Å². The molecule has 1 rings (SSSR count). The van der Waals surface area contributed by atoms with E-state index in [1.54, 1.807) is 7.11 Å². The quantitative estimate of drug-likeness (QED) is 0.599. The standard InChI is InChI=1S/C6H13NO.ClH/c1-5-6(8-2)3-4-7-5;/h5-7H,3-4H2,1-2H3;1H/t5-,6+;/m0./s1. The van der Waals surface area contributed by atoms with Gasteiger partial charge in [0.1, 0.15) is 0 Å². The zero-order chi connectivity index (χ0) is 5.98. The second-order valence-corrected chi connectivity index (χ2v) is 2.31. The van der Waals surface area contributed by atoms with Crippen LogP contribution >= 0.6 is 12.4 Å². The van der Waals surface area contributed by atoms with Crippen molar-refractivity contribution in [3.05, 3.63) is 0 Å². The molecule has 1 saturated heterocycles. The minimum Gasteiger partial charge on any atom is -0.380 e. The fraction of sp³-hybridized carbons (Fsp3) is 1.00. The molecule has 1 heterocycles. The molecular weight excluding hydrogens is 138 g/mol. The number of hydrogen-bond donors (Lipinski definition) is 1. The maximum absolute atomic E-state index is 5.16. The molecule has 0 amide bonds. The third-order valence-corrected chi connectivity index (χ3v) is 1.76. The van der Waals surface area contributed by atoms with E-state index in [-0.39, 0.29) is 12.4 Å². The van der Waals surface area contributed by atoms with E-state index >= 15 is 0 Å². The summed E-state index contributed by atoms with van der Waals surface area (Å²) in [6.07, 6.45) is 1.62. The molecule has 0 unspecified atom stereocenters. The van der Waals surface area contributed by atoms with Crippen molar-refractivity contribution < 1.29 is 4.74 Å². The summed E-state index contributed by atoms with van der Waals surface area (Å²) in [7, 11) is 1.77. The van der Waals surface area contributed by atoms with Crippen LogP contribution < -0.4 is 5.32 Å². The number of methoxy groups -OCH3 is 1. The summed E-state index contributed by atoms with van der Waals surface area (Å²) >= 11 is 0. The maximum Gasteiger partial charge on any atom is 0.0733 e. The van der Waals surface area contributed by atoms with Crippen molar-refractivity contribution in [3.63, 3.8) is 0 Å². The molecule has 56 valence electrons. The van der Waals surface area contributed by atoms with Crippen LogP contribution in [-0.2, 0) is 4.74 Å². The van der Waals surface area contributed by atoms with Crippen LogP contribution in [0.4, 0.5) is 0 Å². The highest BCUT2D eigenvalue weighted by molar-refractivity contribution is 5.85. The number of nitrogens with one attached hydrogen (secondary N) is 1. The van der Waals surface area contributed by atoms with E-state index in [4.69, 9.17) is 4.74 Å². The number of ether oxygens (including phenoxy) is 1. The fourth-order valence-corrected chi connectivity index (χ4v) is 1.16. The molecule has 0 aromatic heterocycles. The first-order chi connectivity index (χ1) is 3.84. The first kappa shape index (κ1) is 9.21. The average Bonchev–Trinajstić information content (AvgIpc) is 2.14. The minimum atomic E-state index is 0. The largest absolute Gasteiger partial charge is 0.380 e. The van der Waals surface area contributed by atoms with Crippen LogP contribution in [-0.4, -0.2) is 25.8 Å². The highest BCUT2D eigenvalue weighted by Crippen LogP contribution is 2.08. The van der Waals surface area contributed by atoms with E-state index in [0.29, 0.717) is 12.1 Å². The Kier molecular flexibility index (Phi) is 4.19. The lowest BCUT2D eigenvalue weighted by molar-refractivity contribution is 0.0968. The molecule has 1 fully saturated rings. The van der Waals surface area contributed by atoms with Crippen LogP contribution in [0.1, 0.15) is 13.3 Å². The van der Waals surface area contributed by atoms with Gasteiger partial charge < -0.3 is 10.1 Å². The lowest BCUT2D eigenvalue weighted by Gasteiger charge is -2.11. The topological polar surface area (TPSA) is 21.3 Å². The summed E-state index contributed by atoms with van der Waals surface area (Å²) in [5.74, 6) is 0. The Hall–Kier alpha value is 0.210. The van der Waals surface area contributed by atoms with Gasteiger partial charge in [0.2, 0.25) is 0 Å². The normalized spacial score (nSPS) is 34.0. The number of rotatable bonds is 1. The van der Waals surface area contributed by atoms with Crippen molar-refractivity contribution in [2.75, 3.05) is 13.7 Å². The smallest absolute Gasteiger partial charge is 0.0733 e. The van der Waals surface area contributed by atoms with Crippen molar-refractivity contribution in [1.29, 1.82) is 0 Å². The molecule has 0 radical (unpaired) electrons. The molecule has 1 N–H and O–H groups in total. The molecule has 1 aliphatic rings. The average molecular weight is 152 g/mol. The van der Waals surface area contributed by atoms with Gasteiger partial charge in [-0.1, -0.05) is 0 Å². The number of hydrogen-bond acceptors (Lipinski definition) is 2. The molecule has 0 aromatic rings. The second kappa shape index (κ2) is 4.09. The SMILES string of the molecule is CO[C@@H]1CCN[C@H]1C.Cl. The number of halogens is 1. The third kappa shape index (κ3) is 2.12. The Morgan fingerprint density at radius 2 is 2.22 bits per heavy atom. The highest BCUT2D eigenvalue weighted by Gasteiger charge is 2.21. The van der Waals surface area contributed by atoms with Gasteiger partial charge in [-0.2, -0.15) is 0 Å². The fourth-order valence-electron chi connectivity index (χ4n) is 1.16. The van der Waals surface area contributed by atoms with Gasteiger partial charge in [0.25, 0.3) is 0 Å². The van der Waals surface area contributed by atoms with Crippen LogP contribution in [0.15, 0.2) is 0 Å². The van der Waals surface area contributed by atoms with Crippen molar-refractivity contribution in [1.82, 2.24) is 5.32 Å². The lowest BCUT2D eigenvalue weighted by Crippen LogP contribution is -2.27. The van der Waals surface area contributed by atoms with Crippen molar-refractivity contribution >= 4 is 12.4 Å². The van der Waals surface area contributed by atoms with Crippen LogP contribution in [0.3, 0.4) is 0 Å². The van der Waals surface area contributed by atoms with E-state index in [0.717, 1.165) is 13.0 Å². The molecule has 0 aromatic carbocycles. The summed E-state index contributed by atoms with van der Waals surface area (Å²) in [6, 6.07) is 0.556. The van der Waals surface area contributed by atoms with Crippen LogP contribution in [0, 0.1) is 0 Å². The third-order valence-electron chi connectivity index (χ3n) is 1.76. The van der Waals surface area contributed by atoms with E-state index in [2.05, 4.69) is 12.2 Å². The van der Waals surface area contributed by atoms with E-state index < -0.39 is 0 Å². The molecule has 2 atom stereocenters. The predicted octanol–water partition coefficient (Wildman–Crippen LogP) is 0.805. The predicted molar refractivity (Wildman–Crippen MR) is 40.1 cm³/mol. The van der Waals surface area contributed by atoms with Gasteiger partial charge in [-0.15, -0.1) is 12.4 Å². The summed E-state index contributed by atoms with van der Waals surface area (Å²) in [5.41, 5.74) is 0. The Bertz CT molecular complexity index is 79.5. The molecule has 9 heavy (non-hydrogen) atoms. The van der Waals surface area contributed by atoms with E-state index in [1.165, 1.54) is 0 Å². The van der Waals surface area contributed by atoms with E-state index in [9.17, 15) is 0 Å². The summed E-state index contributed by atoms with van der Waals surface area (Å²) in [6.45, 7) is 3.26. The summed E-state index contributed by atoms with van der Waals surface area (Å²) in [5, 5.41) is 3.30. The molecule has 1 aliphatic heterocycles. The summed E-state index contributed by atoms with van der Waals surface area (Å²) < 4.78 is 5.16. The van der Waals surface area contributed by atoms with Gasteiger partial charge in [-0.05, 0) is 19.9 Å². The molecule has 0 saturated carbocycles. The first-order valence-corrected chi connectivity index (χ1v) is 3.11. The van der Waals surface area contributed by atoms with Crippen LogP contribution in [0.2, 0.25) is 0 Å². The van der Waals surface area contributed by atoms with Crippen LogP contribution in [0.25, 0.3) is 0 Å². The summed E-state index contributed by atoms with van der Waals surface area (Å²) in [4.78, 5) is 0. The Morgan fingerprint density at radius 1 is 1.56 bits per heavy atom. The first-order valence-electron chi connectivity index (χ1n) is 3.11. The molecule has 0 bridgehead atoms. The molecule has 3 heteroatoms. The van der Waals surface area contributed by atoms with Gasteiger partial charge in [-0.3, -0.25) is 0 Å². The zero-order valence-corrected chi connectivity index (χ0v) is 6.70. The Morgan fingerprint density at radius 3 is 2.44 bits per heavy atom. The Labute approximate surface area is 62.4 Å². The van der Waals surface area contributed by atoms with Gasteiger partial charge in [0.05, 0.1) is 6.10 Å². The van der Waals surface area contributed by atoms with Gasteiger partial charge in [0.15, 0.2) is 0 Å². The van der Waals surface area contributed by atoms with Crippen molar-refractivity contribution in [2.24, 2.45) is 0 Å². The second-order valence-electron chi connectivity index (χ2n) is 2.31. The molecular formula is C6H14ClNO. The van der Waals surface area contributed by atoms with Crippen LogP contribution in [0.5, 0.6) is 0 Å². The van der Waals surface area contributed by atoms with Gasteiger partial charge in [-0.25, -0.2) is 0 Å². The minimum absolute atomic E-state index is 0. The van der Waals surface area contributed by atoms with Crippen molar-refractivity contribution in [3.8, 4) is 0 Å². The van der Waals surface area contributed by atoms with E-state index in [1.807, 2.05) is 0 Å². The maximum atomic E-state index is 5.16. The molecule has 0 spiro atoms. The van der Waals surface area contributed by atoms with Crippen molar-refractivity contribution in [2.45, 2.75) is 25.5 Å². The van der Waals surface area contributed by atoms with Gasteiger partial charge in [0, 0.05) is 13.2 Å².